The van der Waals surface area contributed by atoms with Crippen LogP contribution >= 0.6 is 23.4 Å². The Morgan fingerprint density at radius 2 is 2.41 bits per heavy atom. The lowest BCUT2D eigenvalue weighted by atomic mass is 10.1. The van der Waals surface area contributed by atoms with E-state index in [1.807, 2.05) is 23.6 Å². The molecule has 0 aliphatic heterocycles. The van der Waals surface area contributed by atoms with Crippen LogP contribution in [0.5, 0.6) is 0 Å². The van der Waals surface area contributed by atoms with Crippen LogP contribution in [-0.2, 0) is 16.0 Å². The van der Waals surface area contributed by atoms with E-state index >= 15 is 0 Å². The first kappa shape index (κ1) is 13.9. The zero-order valence-electron chi connectivity index (χ0n) is 9.35. The maximum Gasteiger partial charge on any atom is 0.302 e. The molecule has 1 aromatic carbocycles. The Bertz CT molecular complexity index is 431. The Hall–Kier alpha value is -1.18. The number of carbonyl (C=O) groups is 1. The molecule has 17 heavy (non-hydrogen) atoms. The predicted octanol–water partition coefficient (Wildman–Crippen LogP) is 3.03. The molecular formula is C12H12ClNO2S. The average molecular weight is 270 g/mol. The number of hydrogen-bond donors (Lipinski definition) is 0. The van der Waals surface area contributed by atoms with E-state index in [1.54, 1.807) is 6.07 Å². The Kier molecular flexibility index (Phi) is 5.88. The van der Waals surface area contributed by atoms with Crippen molar-refractivity contribution < 1.29 is 9.53 Å². The number of hydrogen-bond acceptors (Lipinski definition) is 4. The normalized spacial score (nSPS) is 11.6. The summed E-state index contributed by atoms with van der Waals surface area (Å²) in [6.45, 7) is 1.59. The van der Waals surface area contributed by atoms with Crippen molar-refractivity contribution in [2.75, 3.05) is 6.61 Å². The number of thioether (sulfide) groups is 1. The summed E-state index contributed by atoms with van der Waals surface area (Å²) in [6, 6.07) is 7.44. The largest absolute Gasteiger partial charge is 0.465 e. The van der Waals surface area contributed by atoms with Crippen molar-refractivity contribution in [3.8, 4) is 5.40 Å². The topological polar surface area (TPSA) is 50.1 Å². The van der Waals surface area contributed by atoms with Crippen LogP contribution in [0.2, 0.25) is 5.02 Å². The number of ether oxygens (including phenoxy) is 1. The number of halogens is 1. The number of carbonyl (C=O) groups excluding carboxylic acids is 1. The fourth-order valence-electron chi connectivity index (χ4n) is 1.35. The highest BCUT2D eigenvalue weighted by atomic mass is 35.5. The average Bonchev–Trinajstić information content (AvgIpc) is 2.26. The van der Waals surface area contributed by atoms with Crippen molar-refractivity contribution in [2.24, 2.45) is 0 Å². The molecule has 0 unspecified atom stereocenters. The molecule has 0 N–H and O–H groups in total. The van der Waals surface area contributed by atoms with Crippen LogP contribution in [0, 0.1) is 10.7 Å². The van der Waals surface area contributed by atoms with Crippen molar-refractivity contribution in [2.45, 2.75) is 18.6 Å². The fraction of sp³-hybridized carbons (Fsp3) is 0.333. The molecular weight excluding hydrogens is 258 g/mol. The van der Waals surface area contributed by atoms with Gasteiger partial charge in [0, 0.05) is 11.9 Å². The summed E-state index contributed by atoms with van der Waals surface area (Å²) in [5.41, 5.74) is 1.03. The summed E-state index contributed by atoms with van der Waals surface area (Å²) < 4.78 is 4.92. The number of nitrogens with zero attached hydrogens (tertiary/aromatic N) is 1. The molecule has 0 saturated carbocycles. The second kappa shape index (κ2) is 7.21. The number of rotatable bonds is 5. The molecule has 3 nitrogen and oxygen atoms in total. The van der Waals surface area contributed by atoms with Gasteiger partial charge in [-0.3, -0.25) is 4.79 Å². The molecule has 1 rings (SSSR count). The molecule has 0 bridgehead atoms. The smallest absolute Gasteiger partial charge is 0.302 e. The van der Waals surface area contributed by atoms with Gasteiger partial charge in [0.15, 0.2) is 0 Å². The predicted molar refractivity (Wildman–Crippen MR) is 68.8 cm³/mol. The van der Waals surface area contributed by atoms with Gasteiger partial charge in [0.25, 0.3) is 0 Å². The number of benzene rings is 1. The van der Waals surface area contributed by atoms with Gasteiger partial charge in [-0.05, 0) is 35.9 Å². The van der Waals surface area contributed by atoms with Crippen LogP contribution in [0.15, 0.2) is 24.3 Å². The van der Waals surface area contributed by atoms with Gasteiger partial charge < -0.3 is 4.74 Å². The third-order valence-electron chi connectivity index (χ3n) is 2.04. The second-order valence-corrected chi connectivity index (χ2v) is 4.99. The molecule has 5 heteroatoms. The standard InChI is InChI=1S/C12H12ClNO2S/c1-9(15)16-7-12(17-8-14)6-10-3-2-4-11(13)5-10/h2-5,12H,6-7H2,1H3/t12-/m0/s1. The summed E-state index contributed by atoms with van der Waals surface area (Å²) in [5, 5.41) is 11.3. The number of nitriles is 1. The Balaban J connectivity index is 2.60. The molecule has 1 aromatic rings. The summed E-state index contributed by atoms with van der Waals surface area (Å²) in [6.07, 6.45) is 0.645. The van der Waals surface area contributed by atoms with Gasteiger partial charge in [0.05, 0.1) is 5.25 Å². The van der Waals surface area contributed by atoms with Crippen molar-refractivity contribution in [1.29, 1.82) is 5.26 Å². The first-order valence-electron chi connectivity index (χ1n) is 5.04. The third kappa shape index (κ3) is 5.62. The van der Waals surface area contributed by atoms with Crippen molar-refractivity contribution in [3.05, 3.63) is 34.9 Å². The second-order valence-electron chi connectivity index (χ2n) is 3.47. The molecule has 0 fully saturated rings. The van der Waals surface area contributed by atoms with E-state index in [4.69, 9.17) is 21.6 Å². The minimum Gasteiger partial charge on any atom is -0.465 e. The monoisotopic (exact) mass is 269 g/mol. The lowest BCUT2D eigenvalue weighted by Gasteiger charge is -2.12. The van der Waals surface area contributed by atoms with Crippen LogP contribution in [-0.4, -0.2) is 17.8 Å². The molecule has 90 valence electrons. The van der Waals surface area contributed by atoms with Crippen LogP contribution in [0.25, 0.3) is 0 Å². The van der Waals surface area contributed by atoms with Crippen molar-refractivity contribution in [3.63, 3.8) is 0 Å². The Morgan fingerprint density at radius 3 is 3.00 bits per heavy atom. The first-order chi connectivity index (χ1) is 8.11. The molecule has 0 aliphatic rings. The van der Waals surface area contributed by atoms with E-state index in [-0.39, 0.29) is 17.8 Å². The molecule has 0 spiro atoms. The summed E-state index contributed by atoms with van der Waals surface area (Å²) in [7, 11) is 0. The molecule has 0 aliphatic carbocycles. The lowest BCUT2D eigenvalue weighted by Crippen LogP contribution is -2.16. The zero-order chi connectivity index (χ0) is 12.7. The van der Waals surface area contributed by atoms with Gasteiger partial charge in [-0.25, -0.2) is 0 Å². The summed E-state index contributed by atoms with van der Waals surface area (Å²) in [4.78, 5) is 10.7. The van der Waals surface area contributed by atoms with Gasteiger partial charge >= 0.3 is 5.97 Å². The lowest BCUT2D eigenvalue weighted by molar-refractivity contribution is -0.140. The van der Waals surface area contributed by atoms with Gasteiger partial charge in [-0.15, -0.1) is 0 Å². The Morgan fingerprint density at radius 1 is 1.65 bits per heavy atom. The molecule has 0 heterocycles. The summed E-state index contributed by atoms with van der Waals surface area (Å²) in [5.74, 6) is -0.334. The third-order valence-corrected chi connectivity index (χ3v) is 3.02. The van der Waals surface area contributed by atoms with E-state index in [0.29, 0.717) is 11.4 Å². The van der Waals surface area contributed by atoms with Crippen molar-refractivity contribution >= 4 is 29.3 Å². The molecule has 1 atom stereocenters. The number of thiocyanates is 1. The van der Waals surface area contributed by atoms with E-state index < -0.39 is 0 Å². The first-order valence-corrected chi connectivity index (χ1v) is 6.30. The van der Waals surface area contributed by atoms with Crippen LogP contribution in [0.4, 0.5) is 0 Å². The highest BCUT2D eigenvalue weighted by Crippen LogP contribution is 2.18. The van der Waals surface area contributed by atoms with E-state index in [2.05, 4.69) is 0 Å². The minimum atomic E-state index is -0.334. The van der Waals surface area contributed by atoms with Crippen LogP contribution in [0.1, 0.15) is 12.5 Å². The molecule has 0 radical (unpaired) electrons. The van der Waals surface area contributed by atoms with Crippen LogP contribution in [0.3, 0.4) is 0 Å². The zero-order valence-corrected chi connectivity index (χ0v) is 10.9. The van der Waals surface area contributed by atoms with Gasteiger partial charge in [0.2, 0.25) is 0 Å². The maximum atomic E-state index is 10.7. The quantitative estimate of drug-likeness (QED) is 0.609. The van der Waals surface area contributed by atoms with E-state index in [9.17, 15) is 4.79 Å². The van der Waals surface area contributed by atoms with E-state index in [1.165, 1.54) is 6.92 Å². The van der Waals surface area contributed by atoms with E-state index in [0.717, 1.165) is 17.3 Å². The Labute approximate surface area is 110 Å². The highest BCUT2D eigenvalue weighted by Gasteiger charge is 2.12. The molecule has 0 amide bonds. The summed E-state index contributed by atoms with van der Waals surface area (Å²) >= 11 is 6.98. The van der Waals surface area contributed by atoms with Crippen LogP contribution < -0.4 is 0 Å². The molecule has 0 aromatic heterocycles. The highest BCUT2D eigenvalue weighted by molar-refractivity contribution is 8.04. The molecule has 0 saturated heterocycles. The number of esters is 1. The minimum absolute atomic E-state index is 0.0673. The van der Waals surface area contributed by atoms with Gasteiger partial charge in [-0.1, -0.05) is 23.7 Å². The van der Waals surface area contributed by atoms with Crippen molar-refractivity contribution in [1.82, 2.24) is 0 Å². The SMILES string of the molecule is CC(=O)OC[C@H](Cc1cccc(Cl)c1)SC#N. The maximum absolute atomic E-state index is 10.7. The van der Waals surface area contributed by atoms with Gasteiger partial charge in [-0.2, -0.15) is 5.26 Å². The fourth-order valence-corrected chi connectivity index (χ4v) is 2.12. The van der Waals surface area contributed by atoms with Gasteiger partial charge in [0.1, 0.15) is 12.0 Å².